The van der Waals surface area contributed by atoms with Crippen LogP contribution < -0.4 is 0 Å². The van der Waals surface area contributed by atoms with Gasteiger partial charge in [0.2, 0.25) is 0 Å². The maximum Gasteiger partial charge on any atom is 0.104 e. The molecule has 3 nitrogen and oxygen atoms in total. The number of rotatable bonds is 4. The maximum absolute atomic E-state index is 8.90. The predicted molar refractivity (Wildman–Crippen MR) is 55.0 cm³/mol. The molecule has 0 aromatic rings. The van der Waals surface area contributed by atoms with Gasteiger partial charge in [0.05, 0.1) is 19.3 Å². The van der Waals surface area contributed by atoms with Gasteiger partial charge in [-0.15, -0.1) is 0 Å². The molecule has 0 amide bonds. The van der Waals surface area contributed by atoms with Crippen molar-refractivity contribution in [2.45, 2.75) is 45.3 Å². The summed E-state index contributed by atoms with van der Waals surface area (Å²) in [4.78, 5) is 0. The van der Waals surface area contributed by atoms with Crippen molar-refractivity contribution in [3.63, 3.8) is 0 Å². The Hall–Kier alpha value is -0.120. The van der Waals surface area contributed by atoms with Crippen molar-refractivity contribution in [1.82, 2.24) is 0 Å². The molecule has 0 aromatic heterocycles. The van der Waals surface area contributed by atoms with E-state index in [1.807, 2.05) is 0 Å². The topological polar surface area (TPSA) is 49.7 Å². The van der Waals surface area contributed by atoms with Crippen LogP contribution >= 0.6 is 0 Å². The van der Waals surface area contributed by atoms with Crippen LogP contribution in [-0.4, -0.2) is 35.6 Å². The lowest BCUT2D eigenvalue weighted by Crippen LogP contribution is -2.33. The van der Waals surface area contributed by atoms with Crippen LogP contribution in [0.4, 0.5) is 0 Å². The van der Waals surface area contributed by atoms with Gasteiger partial charge in [0, 0.05) is 0 Å². The van der Waals surface area contributed by atoms with E-state index in [-0.39, 0.29) is 19.3 Å². The molecule has 2 atom stereocenters. The normalized spacial score (nSPS) is 33.6. The molecule has 0 radical (unpaired) electrons. The Balaban J connectivity index is 2.35. The third-order valence-corrected chi connectivity index (χ3v) is 2.93. The van der Waals surface area contributed by atoms with E-state index in [1.165, 1.54) is 6.42 Å². The van der Waals surface area contributed by atoms with Crippen LogP contribution in [0.15, 0.2) is 0 Å². The second kappa shape index (κ2) is 5.69. The van der Waals surface area contributed by atoms with Crippen molar-refractivity contribution >= 4 is 0 Å². The van der Waals surface area contributed by atoms with Crippen LogP contribution in [0, 0.1) is 11.8 Å². The van der Waals surface area contributed by atoms with Crippen molar-refractivity contribution in [1.29, 1.82) is 0 Å². The lowest BCUT2D eigenvalue weighted by atomic mass is 9.82. The fourth-order valence-electron chi connectivity index (χ4n) is 2.40. The van der Waals surface area contributed by atoms with Crippen LogP contribution in [0.3, 0.4) is 0 Å². The molecular formula is C11H22O3. The quantitative estimate of drug-likeness (QED) is 0.719. The molecule has 1 aliphatic carbocycles. The number of hydrogen-bond donors (Lipinski definition) is 2. The minimum atomic E-state index is -0.391. The van der Waals surface area contributed by atoms with E-state index < -0.39 is 6.10 Å². The zero-order chi connectivity index (χ0) is 10.6. The average Bonchev–Trinajstić information content (AvgIpc) is 2.12. The molecule has 0 aliphatic heterocycles. The Morgan fingerprint density at radius 2 is 1.57 bits per heavy atom. The van der Waals surface area contributed by atoms with Crippen LogP contribution in [0.1, 0.15) is 33.1 Å². The van der Waals surface area contributed by atoms with Crippen molar-refractivity contribution in [2.24, 2.45) is 11.8 Å². The van der Waals surface area contributed by atoms with E-state index in [1.54, 1.807) is 0 Å². The SMILES string of the molecule is CC1CC(C)CC(OC(CO)CO)C1. The lowest BCUT2D eigenvalue weighted by Gasteiger charge is -2.33. The van der Waals surface area contributed by atoms with Crippen molar-refractivity contribution in [3.05, 3.63) is 0 Å². The standard InChI is InChI=1S/C11H22O3/c1-8-3-9(2)5-10(4-8)14-11(6-12)7-13/h8-13H,3-7H2,1-2H3. The maximum atomic E-state index is 8.90. The minimum Gasteiger partial charge on any atom is -0.394 e. The first kappa shape index (κ1) is 12.0. The van der Waals surface area contributed by atoms with Crippen molar-refractivity contribution in [3.8, 4) is 0 Å². The lowest BCUT2D eigenvalue weighted by molar-refractivity contribution is -0.0866. The van der Waals surface area contributed by atoms with E-state index in [2.05, 4.69) is 13.8 Å². The molecule has 0 heterocycles. The minimum absolute atomic E-state index is 0.0875. The number of aliphatic hydroxyl groups is 2. The summed E-state index contributed by atoms with van der Waals surface area (Å²) in [5.74, 6) is 1.39. The molecule has 14 heavy (non-hydrogen) atoms. The summed E-state index contributed by atoms with van der Waals surface area (Å²) in [7, 11) is 0. The number of aliphatic hydroxyl groups excluding tert-OH is 2. The molecule has 1 aliphatic rings. The van der Waals surface area contributed by atoms with E-state index in [9.17, 15) is 0 Å². The second-order valence-corrected chi connectivity index (χ2v) is 4.66. The van der Waals surface area contributed by atoms with Crippen molar-refractivity contribution in [2.75, 3.05) is 13.2 Å². The Morgan fingerprint density at radius 1 is 1.07 bits per heavy atom. The molecule has 0 saturated heterocycles. The Bertz CT molecular complexity index is 147. The summed E-state index contributed by atoms with van der Waals surface area (Å²) in [6.45, 7) is 4.30. The molecule has 1 rings (SSSR count). The van der Waals surface area contributed by atoms with Gasteiger partial charge >= 0.3 is 0 Å². The van der Waals surface area contributed by atoms with Crippen LogP contribution in [0.5, 0.6) is 0 Å². The van der Waals surface area contributed by atoms with Crippen LogP contribution in [-0.2, 0) is 4.74 Å². The van der Waals surface area contributed by atoms with Gasteiger partial charge < -0.3 is 14.9 Å². The van der Waals surface area contributed by atoms with Gasteiger partial charge in [0.15, 0.2) is 0 Å². The van der Waals surface area contributed by atoms with E-state index >= 15 is 0 Å². The molecule has 3 heteroatoms. The summed E-state index contributed by atoms with van der Waals surface area (Å²) in [6.07, 6.45) is 3.21. The third kappa shape index (κ3) is 3.56. The number of ether oxygens (including phenoxy) is 1. The van der Waals surface area contributed by atoms with Gasteiger partial charge in [-0.2, -0.15) is 0 Å². The summed E-state index contributed by atoms with van der Waals surface area (Å²) < 4.78 is 5.63. The van der Waals surface area contributed by atoms with Gasteiger partial charge in [0.25, 0.3) is 0 Å². The van der Waals surface area contributed by atoms with Gasteiger partial charge in [-0.3, -0.25) is 0 Å². The first-order valence-corrected chi connectivity index (χ1v) is 5.52. The van der Waals surface area contributed by atoms with Crippen molar-refractivity contribution < 1.29 is 14.9 Å². The van der Waals surface area contributed by atoms with Crippen LogP contribution in [0.2, 0.25) is 0 Å². The summed E-state index contributed by atoms with van der Waals surface area (Å²) in [6, 6.07) is 0. The third-order valence-electron chi connectivity index (χ3n) is 2.93. The zero-order valence-corrected chi connectivity index (χ0v) is 9.15. The highest BCUT2D eigenvalue weighted by Gasteiger charge is 2.26. The summed E-state index contributed by atoms with van der Waals surface area (Å²) in [5, 5.41) is 17.8. The van der Waals surface area contributed by atoms with E-state index in [0.29, 0.717) is 11.8 Å². The summed E-state index contributed by atoms with van der Waals surface area (Å²) >= 11 is 0. The molecule has 1 fully saturated rings. The molecule has 0 bridgehead atoms. The molecule has 1 saturated carbocycles. The highest BCUT2D eigenvalue weighted by atomic mass is 16.5. The zero-order valence-electron chi connectivity index (χ0n) is 9.15. The Kier molecular flexibility index (Phi) is 4.85. The van der Waals surface area contributed by atoms with Gasteiger partial charge in [0.1, 0.15) is 6.10 Å². The molecular weight excluding hydrogens is 180 g/mol. The fourth-order valence-corrected chi connectivity index (χ4v) is 2.40. The van der Waals surface area contributed by atoms with E-state index in [4.69, 9.17) is 14.9 Å². The predicted octanol–water partition coefficient (Wildman–Crippen LogP) is 1.18. The summed E-state index contributed by atoms with van der Waals surface area (Å²) in [5.41, 5.74) is 0. The molecule has 0 aromatic carbocycles. The highest BCUT2D eigenvalue weighted by Crippen LogP contribution is 2.30. The van der Waals surface area contributed by atoms with E-state index in [0.717, 1.165) is 12.8 Å². The molecule has 2 unspecified atom stereocenters. The number of hydrogen-bond acceptors (Lipinski definition) is 3. The Morgan fingerprint density at radius 3 is 2.00 bits per heavy atom. The Labute approximate surface area is 86.1 Å². The smallest absolute Gasteiger partial charge is 0.104 e. The second-order valence-electron chi connectivity index (χ2n) is 4.66. The molecule has 84 valence electrons. The molecule has 2 N–H and O–H groups in total. The first-order chi connectivity index (χ1) is 6.65. The molecule has 0 spiro atoms. The van der Waals surface area contributed by atoms with Gasteiger partial charge in [-0.25, -0.2) is 0 Å². The monoisotopic (exact) mass is 202 g/mol. The van der Waals surface area contributed by atoms with Gasteiger partial charge in [-0.05, 0) is 31.1 Å². The largest absolute Gasteiger partial charge is 0.394 e. The highest BCUT2D eigenvalue weighted by molar-refractivity contribution is 4.76. The fraction of sp³-hybridized carbons (Fsp3) is 1.00. The van der Waals surface area contributed by atoms with Crippen LogP contribution in [0.25, 0.3) is 0 Å². The van der Waals surface area contributed by atoms with Gasteiger partial charge in [-0.1, -0.05) is 13.8 Å². The average molecular weight is 202 g/mol. The first-order valence-electron chi connectivity index (χ1n) is 5.52.